The molecule has 3 nitrogen and oxygen atoms in total. The Hall–Kier alpha value is -1.51. The molecule has 0 bridgehead atoms. The van der Waals surface area contributed by atoms with Crippen LogP contribution in [-0.2, 0) is 0 Å². The van der Waals surface area contributed by atoms with E-state index < -0.39 is 0 Å². The maximum absolute atomic E-state index is 4.03. The second-order valence-electron chi connectivity index (χ2n) is 2.06. The van der Waals surface area contributed by atoms with Crippen LogP contribution in [0.4, 0.5) is 0 Å². The molecule has 0 saturated carbocycles. The van der Waals surface area contributed by atoms with Gasteiger partial charge < -0.3 is 4.57 Å². The molecule has 0 amide bonds. The SMILES string of the molecule is [CH2-]n1cnc2ncccc21. The number of hydrogen-bond donors (Lipinski definition) is 0. The molecule has 0 atom stereocenters. The van der Waals surface area contributed by atoms with Crippen molar-refractivity contribution in [2.45, 2.75) is 0 Å². The third kappa shape index (κ3) is 0.572. The Labute approximate surface area is 58.3 Å². The van der Waals surface area contributed by atoms with Crippen molar-refractivity contribution in [3.05, 3.63) is 31.7 Å². The predicted molar refractivity (Wildman–Crippen MR) is 38.3 cm³/mol. The van der Waals surface area contributed by atoms with Crippen LogP contribution in [0.1, 0.15) is 0 Å². The fourth-order valence-corrected chi connectivity index (χ4v) is 0.899. The van der Waals surface area contributed by atoms with Gasteiger partial charge >= 0.3 is 0 Å². The van der Waals surface area contributed by atoms with Gasteiger partial charge in [0.05, 0.1) is 0 Å². The number of imidazole rings is 1. The molecule has 50 valence electrons. The smallest absolute Gasteiger partial charge is 0.107 e. The third-order valence-electron chi connectivity index (χ3n) is 1.39. The normalized spacial score (nSPS) is 10.4. The molecular formula is C7H6N3-. The summed E-state index contributed by atoms with van der Waals surface area (Å²) in [5.41, 5.74) is 1.71. The first-order valence-corrected chi connectivity index (χ1v) is 2.97. The highest BCUT2D eigenvalue weighted by molar-refractivity contribution is 5.70. The Balaban J connectivity index is 2.93. The van der Waals surface area contributed by atoms with E-state index in [9.17, 15) is 0 Å². The minimum Gasteiger partial charge on any atom is -0.470 e. The molecule has 10 heavy (non-hydrogen) atoms. The number of nitrogens with zero attached hydrogens (tertiary/aromatic N) is 3. The Morgan fingerprint density at radius 2 is 2.30 bits per heavy atom. The van der Waals surface area contributed by atoms with Crippen LogP contribution in [0.15, 0.2) is 24.7 Å². The summed E-state index contributed by atoms with van der Waals surface area (Å²) in [7, 11) is 3.72. The van der Waals surface area contributed by atoms with Crippen LogP contribution >= 0.6 is 0 Å². The van der Waals surface area contributed by atoms with Crippen LogP contribution < -0.4 is 0 Å². The topological polar surface area (TPSA) is 30.7 Å². The summed E-state index contributed by atoms with van der Waals surface area (Å²) in [5.74, 6) is 0. The molecule has 0 aromatic carbocycles. The largest absolute Gasteiger partial charge is 0.470 e. The highest BCUT2D eigenvalue weighted by Crippen LogP contribution is 2.06. The molecule has 0 radical (unpaired) electrons. The van der Waals surface area contributed by atoms with Gasteiger partial charge in [-0.15, -0.1) is 7.05 Å². The van der Waals surface area contributed by atoms with Gasteiger partial charge in [-0.2, -0.15) is 0 Å². The molecule has 0 fully saturated rings. The second kappa shape index (κ2) is 1.73. The van der Waals surface area contributed by atoms with Gasteiger partial charge in [0.2, 0.25) is 0 Å². The average molecular weight is 132 g/mol. The van der Waals surface area contributed by atoms with E-state index in [1.165, 1.54) is 0 Å². The molecule has 0 aliphatic carbocycles. The van der Waals surface area contributed by atoms with Crippen molar-refractivity contribution < 1.29 is 0 Å². The van der Waals surface area contributed by atoms with E-state index in [0.29, 0.717) is 0 Å². The van der Waals surface area contributed by atoms with E-state index in [0.717, 1.165) is 11.2 Å². The lowest BCUT2D eigenvalue weighted by Gasteiger charge is -1.99. The van der Waals surface area contributed by atoms with Crippen LogP contribution in [0, 0.1) is 7.05 Å². The zero-order valence-electron chi connectivity index (χ0n) is 5.36. The Morgan fingerprint density at radius 3 is 3.10 bits per heavy atom. The number of aromatic nitrogens is 3. The quantitative estimate of drug-likeness (QED) is 0.502. The zero-order chi connectivity index (χ0) is 6.97. The average Bonchev–Trinajstić information content (AvgIpc) is 2.34. The van der Waals surface area contributed by atoms with Crippen LogP contribution in [0.5, 0.6) is 0 Å². The van der Waals surface area contributed by atoms with Gasteiger partial charge in [0.25, 0.3) is 0 Å². The summed E-state index contributed by atoms with van der Waals surface area (Å²) in [6.45, 7) is 0. The number of pyridine rings is 1. The van der Waals surface area contributed by atoms with E-state index >= 15 is 0 Å². The van der Waals surface area contributed by atoms with Crippen molar-refractivity contribution >= 4 is 11.2 Å². The Bertz CT molecular complexity index is 350. The fourth-order valence-electron chi connectivity index (χ4n) is 0.899. The fraction of sp³-hybridized carbons (Fsp3) is 0. The van der Waals surface area contributed by atoms with Crippen LogP contribution in [0.2, 0.25) is 0 Å². The monoisotopic (exact) mass is 132 g/mol. The van der Waals surface area contributed by atoms with Gasteiger partial charge in [-0.1, -0.05) is 12.1 Å². The first-order chi connectivity index (χ1) is 4.88. The molecule has 0 unspecified atom stereocenters. The van der Waals surface area contributed by atoms with Crippen molar-refractivity contribution in [1.82, 2.24) is 14.5 Å². The number of rotatable bonds is 0. The first kappa shape index (κ1) is 5.29. The van der Waals surface area contributed by atoms with Gasteiger partial charge in [-0.25, -0.2) is 4.98 Å². The van der Waals surface area contributed by atoms with Crippen LogP contribution in [-0.4, -0.2) is 14.5 Å². The summed E-state index contributed by atoms with van der Waals surface area (Å²) in [6.07, 6.45) is 3.37. The molecule has 0 saturated heterocycles. The first-order valence-electron chi connectivity index (χ1n) is 2.97. The molecule has 2 aromatic heterocycles. The standard InChI is InChI=1S/C7H6N3/c1-10-5-9-7-6(10)3-2-4-8-7/h2-5H,1H2/q-1. The lowest BCUT2D eigenvalue weighted by atomic mass is 10.4. The lowest BCUT2D eigenvalue weighted by molar-refractivity contribution is 1.10. The van der Waals surface area contributed by atoms with Gasteiger partial charge in [0, 0.05) is 6.20 Å². The van der Waals surface area contributed by atoms with Crippen molar-refractivity contribution in [3.8, 4) is 0 Å². The maximum Gasteiger partial charge on any atom is 0.107 e. The predicted octanol–water partition coefficient (Wildman–Crippen LogP) is 1.07. The molecule has 2 aromatic rings. The van der Waals surface area contributed by atoms with E-state index in [4.69, 9.17) is 0 Å². The van der Waals surface area contributed by atoms with Crippen molar-refractivity contribution in [2.75, 3.05) is 0 Å². The van der Waals surface area contributed by atoms with Crippen molar-refractivity contribution in [2.24, 2.45) is 0 Å². The van der Waals surface area contributed by atoms with E-state index in [2.05, 4.69) is 17.0 Å². The van der Waals surface area contributed by atoms with Gasteiger partial charge in [0.15, 0.2) is 0 Å². The minimum atomic E-state index is 0.748. The van der Waals surface area contributed by atoms with Gasteiger partial charge in [-0.05, 0) is 11.8 Å². The van der Waals surface area contributed by atoms with Crippen LogP contribution in [0.3, 0.4) is 0 Å². The molecule has 0 N–H and O–H groups in total. The van der Waals surface area contributed by atoms with Crippen molar-refractivity contribution in [1.29, 1.82) is 0 Å². The maximum atomic E-state index is 4.03. The second-order valence-corrected chi connectivity index (χ2v) is 2.06. The summed E-state index contributed by atoms with van der Waals surface area (Å²) in [6, 6.07) is 3.80. The van der Waals surface area contributed by atoms with Gasteiger partial charge in [0.1, 0.15) is 5.65 Å². The van der Waals surface area contributed by atoms with E-state index in [1.54, 1.807) is 17.1 Å². The zero-order valence-corrected chi connectivity index (χ0v) is 5.36. The highest BCUT2D eigenvalue weighted by atomic mass is 15.0. The lowest BCUT2D eigenvalue weighted by Crippen LogP contribution is -1.80. The van der Waals surface area contributed by atoms with Crippen LogP contribution in [0.25, 0.3) is 11.2 Å². The number of fused-ring (bicyclic) bond motifs is 1. The number of hydrogen-bond acceptors (Lipinski definition) is 2. The molecule has 2 heterocycles. The molecule has 0 aliphatic heterocycles. The van der Waals surface area contributed by atoms with Gasteiger partial charge in [-0.3, -0.25) is 4.98 Å². The van der Waals surface area contributed by atoms with E-state index in [1.807, 2.05) is 12.1 Å². The Kier molecular flexibility index (Phi) is 0.917. The summed E-state index contributed by atoms with van der Waals surface area (Å²) >= 11 is 0. The summed E-state index contributed by atoms with van der Waals surface area (Å²) < 4.78 is 1.70. The summed E-state index contributed by atoms with van der Waals surface area (Å²) in [5, 5.41) is 0. The molecule has 0 spiro atoms. The molecular weight excluding hydrogens is 126 g/mol. The third-order valence-corrected chi connectivity index (χ3v) is 1.39. The minimum absolute atomic E-state index is 0.748. The highest BCUT2D eigenvalue weighted by Gasteiger charge is 1.87. The molecule has 3 heteroatoms. The molecule has 2 rings (SSSR count). The van der Waals surface area contributed by atoms with Crippen molar-refractivity contribution in [3.63, 3.8) is 0 Å². The Morgan fingerprint density at radius 1 is 1.40 bits per heavy atom. The van der Waals surface area contributed by atoms with E-state index in [-0.39, 0.29) is 0 Å². The molecule has 0 aliphatic rings. The summed E-state index contributed by atoms with van der Waals surface area (Å²) in [4.78, 5) is 8.04.